The maximum Gasteiger partial charge on any atom is 0.0994 e. The zero-order valence-corrected chi connectivity index (χ0v) is 6.40. The molecule has 0 aliphatic heterocycles. The van der Waals surface area contributed by atoms with Gasteiger partial charge in [-0.2, -0.15) is 0 Å². The summed E-state index contributed by atoms with van der Waals surface area (Å²) in [6, 6.07) is 0. The van der Waals surface area contributed by atoms with E-state index in [1.54, 1.807) is 11.9 Å². The molecule has 0 aromatic rings. The molecule has 0 N–H and O–H groups in total. The largest absolute Gasteiger partial charge is 0.281 e. The highest BCUT2D eigenvalue weighted by atomic mass is 32.2. The lowest BCUT2D eigenvalue weighted by molar-refractivity contribution is 0.591. The fraction of sp³-hybridized carbons (Fsp3) is 0.800. The van der Waals surface area contributed by atoms with Crippen LogP contribution < -0.4 is 0 Å². The van der Waals surface area contributed by atoms with E-state index >= 15 is 0 Å². The molecular formula is C5H12N2S. The molecular weight excluding hydrogens is 120 g/mol. The van der Waals surface area contributed by atoms with Crippen molar-refractivity contribution in [1.82, 2.24) is 4.31 Å². The van der Waals surface area contributed by atoms with E-state index in [9.17, 15) is 0 Å². The summed E-state index contributed by atoms with van der Waals surface area (Å²) in [6.07, 6.45) is 3.85. The van der Waals surface area contributed by atoms with Gasteiger partial charge in [-0.15, -0.1) is 0 Å². The molecule has 8 heavy (non-hydrogen) atoms. The van der Waals surface area contributed by atoms with Crippen molar-refractivity contribution in [2.24, 2.45) is 4.99 Å². The van der Waals surface area contributed by atoms with E-state index in [-0.39, 0.29) is 0 Å². The van der Waals surface area contributed by atoms with Crippen molar-refractivity contribution in [3.8, 4) is 0 Å². The molecule has 0 atom stereocenters. The van der Waals surface area contributed by atoms with Crippen molar-refractivity contribution in [2.45, 2.75) is 6.92 Å². The second kappa shape index (κ2) is 5.12. The van der Waals surface area contributed by atoms with Gasteiger partial charge in [-0.05, 0) is 26.4 Å². The maximum absolute atomic E-state index is 4.02. The van der Waals surface area contributed by atoms with Gasteiger partial charge < -0.3 is 0 Å². The molecule has 0 bridgehead atoms. The molecule has 0 amide bonds. The molecule has 0 spiro atoms. The van der Waals surface area contributed by atoms with Crippen LogP contribution in [0.4, 0.5) is 0 Å². The fourth-order valence-corrected chi connectivity index (χ4v) is 0.437. The standard InChI is InChI=1S/C5H12N2S/c1-4-6-5-7(2)8-3/h4H,5H2,1-3H3. The molecule has 0 radical (unpaired) electrons. The third-order valence-corrected chi connectivity index (χ3v) is 1.51. The first-order valence-corrected chi connectivity index (χ1v) is 3.69. The molecule has 0 aromatic carbocycles. The van der Waals surface area contributed by atoms with Crippen LogP contribution in [0, 0.1) is 0 Å². The highest BCUT2D eigenvalue weighted by Crippen LogP contribution is 1.97. The average Bonchev–Trinajstić information content (AvgIpc) is 1.83. The fourth-order valence-electron chi connectivity index (χ4n) is 0.254. The molecule has 0 saturated carbocycles. The molecule has 0 aromatic heterocycles. The van der Waals surface area contributed by atoms with Gasteiger partial charge in [0.15, 0.2) is 0 Å². The van der Waals surface area contributed by atoms with Crippen molar-refractivity contribution in [2.75, 3.05) is 20.0 Å². The number of rotatable bonds is 3. The summed E-state index contributed by atoms with van der Waals surface area (Å²) in [4.78, 5) is 4.02. The molecule has 0 aliphatic rings. The average molecular weight is 132 g/mol. The van der Waals surface area contributed by atoms with Crippen LogP contribution >= 0.6 is 11.9 Å². The predicted octanol–water partition coefficient (Wildman–Crippen LogP) is 1.24. The van der Waals surface area contributed by atoms with Gasteiger partial charge in [0.05, 0.1) is 6.67 Å². The molecule has 48 valence electrons. The lowest BCUT2D eigenvalue weighted by Gasteiger charge is -2.06. The molecule has 0 rings (SSSR count). The van der Waals surface area contributed by atoms with Gasteiger partial charge in [0, 0.05) is 0 Å². The van der Waals surface area contributed by atoms with E-state index in [0.29, 0.717) is 0 Å². The number of nitrogens with zero attached hydrogens (tertiary/aromatic N) is 2. The first-order chi connectivity index (χ1) is 3.81. The molecule has 0 unspecified atom stereocenters. The Morgan fingerprint density at radius 1 is 1.75 bits per heavy atom. The van der Waals surface area contributed by atoms with Crippen molar-refractivity contribution in [1.29, 1.82) is 0 Å². The Hall–Kier alpha value is -0.0200. The van der Waals surface area contributed by atoms with Crippen molar-refractivity contribution in [3.05, 3.63) is 0 Å². The van der Waals surface area contributed by atoms with E-state index < -0.39 is 0 Å². The second-order valence-corrected chi connectivity index (χ2v) is 2.38. The number of aliphatic imine (C=N–C) groups is 1. The molecule has 2 nitrogen and oxygen atoms in total. The van der Waals surface area contributed by atoms with Crippen LogP contribution in [-0.2, 0) is 0 Å². The van der Waals surface area contributed by atoms with Crippen LogP contribution in [0.2, 0.25) is 0 Å². The van der Waals surface area contributed by atoms with Crippen LogP contribution in [0.1, 0.15) is 6.92 Å². The van der Waals surface area contributed by atoms with Crippen LogP contribution in [0.3, 0.4) is 0 Å². The van der Waals surface area contributed by atoms with Crippen molar-refractivity contribution >= 4 is 18.2 Å². The zero-order chi connectivity index (χ0) is 6.41. The monoisotopic (exact) mass is 132 g/mol. The predicted molar refractivity (Wildman–Crippen MR) is 40.3 cm³/mol. The van der Waals surface area contributed by atoms with Crippen LogP contribution in [0.25, 0.3) is 0 Å². The van der Waals surface area contributed by atoms with E-state index in [4.69, 9.17) is 0 Å². The lowest BCUT2D eigenvalue weighted by Crippen LogP contribution is -2.07. The van der Waals surface area contributed by atoms with Gasteiger partial charge in [0.2, 0.25) is 0 Å². The van der Waals surface area contributed by atoms with Crippen molar-refractivity contribution in [3.63, 3.8) is 0 Å². The van der Waals surface area contributed by atoms with E-state index in [0.717, 1.165) is 6.67 Å². The van der Waals surface area contributed by atoms with Crippen molar-refractivity contribution < 1.29 is 0 Å². The Morgan fingerprint density at radius 3 is 2.75 bits per heavy atom. The third kappa shape index (κ3) is 4.15. The minimum absolute atomic E-state index is 0.789. The zero-order valence-electron chi connectivity index (χ0n) is 5.59. The second-order valence-electron chi connectivity index (χ2n) is 1.39. The summed E-state index contributed by atoms with van der Waals surface area (Å²) in [7, 11) is 2.01. The summed E-state index contributed by atoms with van der Waals surface area (Å²) < 4.78 is 2.06. The van der Waals surface area contributed by atoms with E-state index in [1.165, 1.54) is 0 Å². The summed E-state index contributed by atoms with van der Waals surface area (Å²) in [6.45, 7) is 2.71. The van der Waals surface area contributed by atoms with Crippen LogP contribution in [0.15, 0.2) is 4.99 Å². The lowest BCUT2D eigenvalue weighted by atomic mass is 10.9. The van der Waals surface area contributed by atoms with Gasteiger partial charge in [0.25, 0.3) is 0 Å². The Bertz CT molecular complexity index is 72.8. The van der Waals surface area contributed by atoms with Crippen LogP contribution in [-0.4, -0.2) is 30.5 Å². The van der Waals surface area contributed by atoms with E-state index in [2.05, 4.69) is 9.30 Å². The molecule has 0 aliphatic carbocycles. The normalized spacial score (nSPS) is 11.5. The summed E-state index contributed by atoms with van der Waals surface area (Å²) in [5.41, 5.74) is 0. The first-order valence-electron chi connectivity index (χ1n) is 2.51. The van der Waals surface area contributed by atoms with Gasteiger partial charge in [-0.1, -0.05) is 11.9 Å². The Morgan fingerprint density at radius 2 is 2.38 bits per heavy atom. The minimum atomic E-state index is 0.789. The first kappa shape index (κ1) is 7.98. The molecule has 0 heterocycles. The van der Waals surface area contributed by atoms with Gasteiger partial charge in [-0.25, -0.2) is 4.31 Å². The summed E-state index contributed by atoms with van der Waals surface area (Å²) in [5.74, 6) is 0. The summed E-state index contributed by atoms with van der Waals surface area (Å²) >= 11 is 1.68. The highest BCUT2D eigenvalue weighted by Gasteiger charge is 1.86. The number of hydrogen-bond donors (Lipinski definition) is 0. The Labute approximate surface area is 55.1 Å². The highest BCUT2D eigenvalue weighted by molar-refractivity contribution is 7.96. The van der Waals surface area contributed by atoms with Crippen LogP contribution in [0.5, 0.6) is 0 Å². The van der Waals surface area contributed by atoms with Gasteiger partial charge >= 0.3 is 0 Å². The Kier molecular flexibility index (Phi) is 5.11. The molecule has 0 saturated heterocycles. The topological polar surface area (TPSA) is 15.6 Å². The molecule has 3 heteroatoms. The maximum atomic E-state index is 4.02. The Balaban J connectivity index is 3.10. The quantitative estimate of drug-likeness (QED) is 0.424. The molecule has 0 fully saturated rings. The summed E-state index contributed by atoms with van der Waals surface area (Å²) in [5, 5.41) is 0. The smallest absolute Gasteiger partial charge is 0.0994 e. The SMILES string of the molecule is CC=NCN(C)SC. The van der Waals surface area contributed by atoms with Gasteiger partial charge in [0.1, 0.15) is 0 Å². The number of hydrogen-bond acceptors (Lipinski definition) is 3. The van der Waals surface area contributed by atoms with Gasteiger partial charge in [-0.3, -0.25) is 4.99 Å². The third-order valence-electron chi connectivity index (χ3n) is 0.775. The minimum Gasteiger partial charge on any atom is -0.281 e. The van der Waals surface area contributed by atoms with E-state index in [1.807, 2.05) is 26.4 Å².